The average Bonchev–Trinajstić information content (AvgIpc) is 2.33. The van der Waals surface area contributed by atoms with E-state index in [0.717, 1.165) is 24.3 Å². The molecule has 0 unspecified atom stereocenters. The molecule has 2 rings (SSSR count). The molecule has 0 saturated heterocycles. The van der Waals surface area contributed by atoms with Gasteiger partial charge in [0, 0.05) is 12.1 Å². The zero-order valence-electron chi connectivity index (χ0n) is 9.27. The maximum atomic E-state index is 13.2. The number of non-ortho nitro benzene ring substituents is 1. The van der Waals surface area contributed by atoms with Gasteiger partial charge >= 0.3 is 0 Å². The first-order valence-electron chi connectivity index (χ1n) is 5.03. The monoisotopic (exact) mass is 329 g/mol. The lowest BCUT2D eigenvalue weighted by atomic mass is 10.3. The molecule has 0 spiro atoms. The lowest BCUT2D eigenvalue weighted by Crippen LogP contribution is -1.92. The van der Waals surface area contributed by atoms with Crippen LogP contribution in [0.4, 0.5) is 14.5 Å². The number of halogens is 3. The minimum absolute atomic E-state index is 0.0852. The van der Waals surface area contributed by atoms with Crippen molar-refractivity contribution in [1.29, 1.82) is 0 Å². The molecule has 0 aromatic heterocycles. The Labute approximate surface area is 114 Å². The number of nitro benzene ring substituents is 1. The van der Waals surface area contributed by atoms with Gasteiger partial charge in [-0.1, -0.05) is 0 Å². The van der Waals surface area contributed by atoms with E-state index in [4.69, 9.17) is 4.74 Å². The van der Waals surface area contributed by atoms with Gasteiger partial charge < -0.3 is 4.74 Å². The summed E-state index contributed by atoms with van der Waals surface area (Å²) in [5, 5.41) is 10.6. The summed E-state index contributed by atoms with van der Waals surface area (Å²) in [5.41, 5.74) is -0.442. The van der Waals surface area contributed by atoms with Crippen LogP contribution in [-0.2, 0) is 0 Å². The summed E-state index contributed by atoms with van der Waals surface area (Å²) in [6.45, 7) is 0. The second-order valence-electron chi connectivity index (χ2n) is 3.58. The van der Waals surface area contributed by atoms with E-state index in [9.17, 15) is 18.9 Å². The molecular weight excluding hydrogens is 324 g/mol. The van der Waals surface area contributed by atoms with E-state index in [-0.39, 0.29) is 11.5 Å². The summed E-state index contributed by atoms with van der Waals surface area (Å²) >= 11 is 3.13. The van der Waals surface area contributed by atoms with Crippen molar-refractivity contribution in [2.45, 2.75) is 0 Å². The Bertz CT molecular complexity index is 649. The van der Waals surface area contributed by atoms with Gasteiger partial charge in [-0.15, -0.1) is 0 Å². The van der Waals surface area contributed by atoms with E-state index in [1.54, 1.807) is 0 Å². The van der Waals surface area contributed by atoms with Crippen LogP contribution in [0.3, 0.4) is 0 Å². The number of hydrogen-bond acceptors (Lipinski definition) is 3. The van der Waals surface area contributed by atoms with Gasteiger partial charge in [-0.2, -0.15) is 0 Å². The number of benzene rings is 2. The van der Waals surface area contributed by atoms with Crippen molar-refractivity contribution in [3.8, 4) is 11.5 Å². The predicted octanol–water partition coefficient (Wildman–Crippen LogP) is 4.43. The number of nitrogens with zero attached hydrogens (tertiary/aromatic N) is 1. The third-order valence-electron chi connectivity index (χ3n) is 2.19. The molecule has 0 aliphatic carbocycles. The van der Waals surface area contributed by atoms with Crippen LogP contribution in [0.25, 0.3) is 0 Å². The fourth-order valence-electron chi connectivity index (χ4n) is 1.39. The van der Waals surface area contributed by atoms with Crippen LogP contribution in [0, 0.1) is 21.7 Å². The van der Waals surface area contributed by atoms with E-state index in [0.29, 0.717) is 4.47 Å². The number of rotatable bonds is 3. The van der Waals surface area contributed by atoms with Crippen molar-refractivity contribution in [2.75, 3.05) is 0 Å². The maximum absolute atomic E-state index is 13.2. The molecule has 2 aromatic rings. The Morgan fingerprint density at radius 2 is 1.84 bits per heavy atom. The molecule has 0 atom stereocenters. The SMILES string of the molecule is O=[N+]([O-])c1cc(F)cc(Oc2cc(F)ccc2Br)c1. The smallest absolute Gasteiger partial charge is 0.276 e. The molecule has 0 aliphatic heterocycles. The van der Waals surface area contributed by atoms with Crippen molar-refractivity contribution in [1.82, 2.24) is 0 Å². The van der Waals surface area contributed by atoms with Crippen LogP contribution < -0.4 is 4.74 Å². The first-order chi connectivity index (χ1) is 8.95. The standard InChI is InChI=1S/C12H6BrF2NO3/c13-11-2-1-7(14)5-12(11)19-10-4-8(15)3-9(6-10)16(17)18/h1-6H. The molecular formula is C12H6BrF2NO3. The van der Waals surface area contributed by atoms with E-state index >= 15 is 0 Å². The zero-order chi connectivity index (χ0) is 14.0. The van der Waals surface area contributed by atoms with Gasteiger partial charge in [0.2, 0.25) is 0 Å². The minimum atomic E-state index is -0.809. The molecule has 0 N–H and O–H groups in total. The summed E-state index contributed by atoms with van der Waals surface area (Å²) in [4.78, 5) is 9.85. The average molecular weight is 330 g/mol. The Hall–Kier alpha value is -2.02. The molecule has 0 aliphatic rings. The van der Waals surface area contributed by atoms with Crippen LogP contribution >= 0.6 is 15.9 Å². The van der Waals surface area contributed by atoms with Gasteiger partial charge in [0.05, 0.1) is 21.5 Å². The Morgan fingerprint density at radius 3 is 2.53 bits per heavy atom. The van der Waals surface area contributed by atoms with Gasteiger partial charge in [-0.3, -0.25) is 10.1 Å². The summed E-state index contributed by atoms with van der Waals surface area (Å²) in [6, 6.07) is 6.52. The van der Waals surface area contributed by atoms with Gasteiger partial charge in [-0.05, 0) is 28.1 Å². The zero-order valence-corrected chi connectivity index (χ0v) is 10.9. The maximum Gasteiger partial charge on any atom is 0.276 e. The van der Waals surface area contributed by atoms with Crippen molar-refractivity contribution in [3.05, 3.63) is 62.6 Å². The van der Waals surface area contributed by atoms with Gasteiger partial charge in [0.1, 0.15) is 23.1 Å². The van der Waals surface area contributed by atoms with Crippen LogP contribution in [-0.4, -0.2) is 4.92 Å². The Kier molecular flexibility index (Phi) is 3.75. The quantitative estimate of drug-likeness (QED) is 0.618. The molecule has 0 heterocycles. The lowest BCUT2D eigenvalue weighted by molar-refractivity contribution is -0.385. The highest BCUT2D eigenvalue weighted by molar-refractivity contribution is 9.10. The van der Waals surface area contributed by atoms with Crippen LogP contribution in [0.1, 0.15) is 0 Å². The van der Waals surface area contributed by atoms with E-state index in [1.807, 2.05) is 0 Å². The van der Waals surface area contributed by atoms with Crippen molar-refractivity contribution in [2.24, 2.45) is 0 Å². The minimum Gasteiger partial charge on any atom is -0.456 e. The van der Waals surface area contributed by atoms with E-state index in [1.165, 1.54) is 12.1 Å². The molecule has 4 nitrogen and oxygen atoms in total. The number of ether oxygens (including phenoxy) is 1. The highest BCUT2D eigenvalue weighted by atomic mass is 79.9. The summed E-state index contributed by atoms with van der Waals surface area (Å²) in [5.74, 6) is -1.33. The first kappa shape index (κ1) is 13.4. The van der Waals surface area contributed by atoms with Gasteiger partial charge in [-0.25, -0.2) is 8.78 Å². The fraction of sp³-hybridized carbons (Fsp3) is 0. The first-order valence-corrected chi connectivity index (χ1v) is 5.83. The molecule has 0 radical (unpaired) electrons. The molecule has 0 fully saturated rings. The van der Waals surface area contributed by atoms with Crippen molar-refractivity contribution < 1.29 is 18.4 Å². The van der Waals surface area contributed by atoms with Crippen molar-refractivity contribution in [3.63, 3.8) is 0 Å². The fourth-order valence-corrected chi connectivity index (χ4v) is 1.72. The molecule has 98 valence electrons. The highest BCUT2D eigenvalue weighted by Crippen LogP contribution is 2.32. The normalized spacial score (nSPS) is 10.3. The van der Waals surface area contributed by atoms with E-state index < -0.39 is 22.2 Å². The van der Waals surface area contributed by atoms with Crippen LogP contribution in [0.2, 0.25) is 0 Å². The van der Waals surface area contributed by atoms with Gasteiger partial charge in [0.15, 0.2) is 0 Å². The second kappa shape index (κ2) is 5.31. The van der Waals surface area contributed by atoms with Crippen LogP contribution in [0.5, 0.6) is 11.5 Å². The van der Waals surface area contributed by atoms with Gasteiger partial charge in [0.25, 0.3) is 5.69 Å². The van der Waals surface area contributed by atoms with Crippen molar-refractivity contribution >= 4 is 21.6 Å². The molecule has 19 heavy (non-hydrogen) atoms. The molecule has 7 heteroatoms. The topological polar surface area (TPSA) is 52.4 Å². The highest BCUT2D eigenvalue weighted by Gasteiger charge is 2.12. The molecule has 0 saturated carbocycles. The molecule has 0 bridgehead atoms. The molecule has 2 aromatic carbocycles. The third-order valence-corrected chi connectivity index (χ3v) is 2.84. The number of nitro groups is 1. The van der Waals surface area contributed by atoms with E-state index in [2.05, 4.69) is 15.9 Å². The Morgan fingerprint density at radius 1 is 1.11 bits per heavy atom. The summed E-state index contributed by atoms with van der Waals surface area (Å²) in [6.07, 6.45) is 0. The predicted molar refractivity (Wildman–Crippen MR) is 67.2 cm³/mol. The lowest BCUT2D eigenvalue weighted by Gasteiger charge is -2.07. The molecule has 0 amide bonds. The summed E-state index contributed by atoms with van der Waals surface area (Å²) in [7, 11) is 0. The summed E-state index contributed by atoms with van der Waals surface area (Å²) < 4.78 is 31.9. The Balaban J connectivity index is 2.38. The largest absolute Gasteiger partial charge is 0.456 e. The second-order valence-corrected chi connectivity index (χ2v) is 4.43. The number of hydrogen-bond donors (Lipinski definition) is 0. The third kappa shape index (κ3) is 3.25. The van der Waals surface area contributed by atoms with Crippen LogP contribution in [0.15, 0.2) is 40.9 Å².